The van der Waals surface area contributed by atoms with Crippen molar-refractivity contribution in [3.05, 3.63) is 49.3 Å². The number of hydrogen-bond donors (Lipinski definition) is 3. The first-order valence-corrected chi connectivity index (χ1v) is 12.0. The topological polar surface area (TPSA) is 130 Å². The fourth-order valence-electron chi connectivity index (χ4n) is 4.70. The number of hydrogen-bond acceptors (Lipinski definition) is 6. The van der Waals surface area contributed by atoms with Crippen LogP contribution in [0.1, 0.15) is 46.9 Å². The molecule has 0 radical (unpaired) electrons. The zero-order valence-corrected chi connectivity index (χ0v) is 21.7. The van der Waals surface area contributed by atoms with Gasteiger partial charge >= 0.3 is 6.09 Å². The van der Waals surface area contributed by atoms with Crippen LogP contribution in [0, 0.1) is 20.8 Å². The van der Waals surface area contributed by atoms with E-state index in [2.05, 4.69) is 26.2 Å². The predicted molar refractivity (Wildman–Crippen MR) is 132 cm³/mol. The lowest BCUT2D eigenvalue weighted by molar-refractivity contribution is -0.185. The molecule has 0 bridgehead atoms. The van der Waals surface area contributed by atoms with E-state index in [0.29, 0.717) is 51.2 Å². The number of carbonyl (C=O) groups excluding carboxylic acids is 1. The quantitative estimate of drug-likeness (QED) is 0.530. The van der Waals surface area contributed by atoms with Gasteiger partial charge in [0.1, 0.15) is 11.8 Å². The molecule has 11 heteroatoms. The first-order chi connectivity index (χ1) is 16.4. The first-order valence-electron chi connectivity index (χ1n) is 11.2. The molecule has 2 aliphatic rings. The summed E-state index contributed by atoms with van der Waals surface area (Å²) in [7, 11) is 1.56. The van der Waals surface area contributed by atoms with Gasteiger partial charge in [0.05, 0.1) is 17.1 Å². The van der Waals surface area contributed by atoms with Gasteiger partial charge in [-0.2, -0.15) is 0 Å². The van der Waals surface area contributed by atoms with Gasteiger partial charge in [0.2, 0.25) is 0 Å². The molecule has 35 heavy (non-hydrogen) atoms. The Bertz CT molecular complexity index is 1250. The summed E-state index contributed by atoms with van der Waals surface area (Å²) in [5, 5.41) is 11.4. The molecule has 3 heterocycles. The second-order valence-corrected chi connectivity index (χ2v) is 9.99. The summed E-state index contributed by atoms with van der Waals surface area (Å²) < 4.78 is 18.9. The number of amides is 2. The van der Waals surface area contributed by atoms with Crippen LogP contribution in [0.3, 0.4) is 0 Å². The van der Waals surface area contributed by atoms with Crippen LogP contribution in [-0.4, -0.2) is 53.7 Å². The highest BCUT2D eigenvalue weighted by Crippen LogP contribution is 2.50. The molecule has 4 rings (SSSR count). The van der Waals surface area contributed by atoms with E-state index in [9.17, 15) is 14.4 Å². The van der Waals surface area contributed by atoms with Gasteiger partial charge < -0.3 is 34.5 Å². The molecule has 1 unspecified atom stereocenters. The molecule has 1 aromatic carbocycles. The van der Waals surface area contributed by atoms with Crippen LogP contribution in [0.5, 0.6) is 11.5 Å². The molecule has 1 fully saturated rings. The van der Waals surface area contributed by atoms with Crippen LogP contribution in [0.4, 0.5) is 10.5 Å². The summed E-state index contributed by atoms with van der Waals surface area (Å²) in [5.74, 6) is -0.634. The van der Waals surface area contributed by atoms with E-state index >= 15 is 0 Å². The van der Waals surface area contributed by atoms with Gasteiger partial charge in [-0.25, -0.2) is 4.79 Å². The molecule has 10 nitrogen and oxygen atoms in total. The second-order valence-electron chi connectivity index (χ2n) is 9.13. The van der Waals surface area contributed by atoms with E-state index in [1.165, 1.54) is 4.90 Å². The van der Waals surface area contributed by atoms with E-state index < -0.39 is 18.0 Å². The lowest BCUT2D eigenvalue weighted by Crippen LogP contribution is -2.53. The third-order valence-corrected chi connectivity index (χ3v) is 7.03. The van der Waals surface area contributed by atoms with Crippen molar-refractivity contribution in [2.75, 3.05) is 18.6 Å². The van der Waals surface area contributed by atoms with Gasteiger partial charge in [-0.05, 0) is 67.2 Å². The smallest absolute Gasteiger partial charge is 0.404 e. The second kappa shape index (κ2) is 9.19. The van der Waals surface area contributed by atoms with Crippen molar-refractivity contribution >= 4 is 33.6 Å². The molecule has 0 aliphatic carbocycles. The molecule has 0 spiro atoms. The largest absolute Gasteiger partial charge is 0.465 e. The summed E-state index contributed by atoms with van der Waals surface area (Å²) in [6.07, 6.45) is -0.428. The number of fused-ring (bicyclic) bond motifs is 1. The van der Waals surface area contributed by atoms with E-state index in [0.717, 1.165) is 0 Å². The third kappa shape index (κ3) is 4.62. The average Bonchev–Trinajstić information content (AvgIpc) is 3.15. The van der Waals surface area contributed by atoms with Crippen LogP contribution < -0.4 is 25.2 Å². The van der Waals surface area contributed by atoms with Crippen molar-refractivity contribution in [1.29, 1.82) is 0 Å². The molecule has 188 valence electrons. The number of anilines is 1. The Kier molecular flexibility index (Phi) is 6.58. The number of halogens is 1. The van der Waals surface area contributed by atoms with Gasteiger partial charge in [0.25, 0.3) is 17.3 Å². The number of aromatic amines is 1. The molecule has 3 atom stereocenters. The van der Waals surface area contributed by atoms with E-state index in [-0.39, 0.29) is 29.8 Å². The Morgan fingerprint density at radius 1 is 1.20 bits per heavy atom. The van der Waals surface area contributed by atoms with Gasteiger partial charge in [-0.3, -0.25) is 9.59 Å². The van der Waals surface area contributed by atoms with Crippen LogP contribution in [0.2, 0.25) is 0 Å². The summed E-state index contributed by atoms with van der Waals surface area (Å²) in [4.78, 5) is 41.0. The van der Waals surface area contributed by atoms with Gasteiger partial charge in [-0.1, -0.05) is 0 Å². The van der Waals surface area contributed by atoms with Crippen molar-refractivity contribution < 1.29 is 28.9 Å². The number of benzene rings is 1. The number of nitrogens with one attached hydrogen (secondary N) is 2. The van der Waals surface area contributed by atoms with Crippen molar-refractivity contribution in [2.24, 2.45) is 0 Å². The van der Waals surface area contributed by atoms with Crippen LogP contribution in [0.15, 0.2) is 21.4 Å². The first kappa shape index (κ1) is 25.1. The SMILES string of the molecule is Cc1cc(C)c(N(C)C(=O)c2cc(Br)c3c(c2C)OC(C)([C@@H]2CC[C@@H](NC(=O)O)CO2)O3)c(=O)[nH]1. The van der Waals surface area contributed by atoms with Crippen molar-refractivity contribution in [3.63, 3.8) is 0 Å². The number of H-pyrrole nitrogens is 1. The minimum absolute atomic E-state index is 0.203. The number of ether oxygens (including phenoxy) is 3. The number of pyridine rings is 1. The minimum atomic E-state index is -1.15. The Labute approximate surface area is 210 Å². The summed E-state index contributed by atoms with van der Waals surface area (Å²) >= 11 is 3.50. The zero-order valence-electron chi connectivity index (χ0n) is 20.2. The molecule has 1 saturated heterocycles. The van der Waals surface area contributed by atoms with E-state index in [1.807, 2.05) is 6.07 Å². The standard InChI is InChI=1S/C24H28BrN3O7/c1-11-8-12(2)26-21(29)18(11)28(5)22(30)15-9-16(25)20-19(13(15)3)34-24(4,35-20)17-7-6-14(10-33-17)27-23(31)32/h8-9,14,17,27H,6-7,10H2,1-5H3,(H,26,29)(H,31,32)/t14-,17+,24?/m1/s1. The molecule has 2 amide bonds. The van der Waals surface area contributed by atoms with E-state index in [1.54, 1.807) is 40.8 Å². The molecule has 2 aromatic rings. The van der Waals surface area contributed by atoms with E-state index in [4.69, 9.17) is 19.3 Å². The Hall–Kier alpha value is -3.05. The Morgan fingerprint density at radius 2 is 1.89 bits per heavy atom. The maximum Gasteiger partial charge on any atom is 0.404 e. The highest BCUT2D eigenvalue weighted by molar-refractivity contribution is 9.10. The van der Waals surface area contributed by atoms with Gasteiger partial charge in [-0.15, -0.1) is 0 Å². The summed E-state index contributed by atoms with van der Waals surface area (Å²) in [6, 6.07) is 3.18. The summed E-state index contributed by atoms with van der Waals surface area (Å²) in [6.45, 7) is 7.30. The fourth-order valence-corrected chi connectivity index (χ4v) is 5.19. The summed E-state index contributed by atoms with van der Waals surface area (Å²) in [5.41, 5.74) is 2.28. The maximum atomic E-state index is 13.5. The predicted octanol–water partition coefficient (Wildman–Crippen LogP) is 3.64. The normalized spacial score (nSPS) is 23.1. The van der Waals surface area contributed by atoms with Gasteiger partial charge in [0.15, 0.2) is 11.5 Å². The molecule has 2 aliphatic heterocycles. The van der Waals surface area contributed by atoms with Crippen molar-refractivity contribution in [1.82, 2.24) is 10.3 Å². The Morgan fingerprint density at radius 3 is 2.49 bits per heavy atom. The third-order valence-electron chi connectivity index (χ3n) is 6.44. The Balaban J connectivity index is 1.59. The highest BCUT2D eigenvalue weighted by atomic mass is 79.9. The number of aryl methyl sites for hydroxylation is 2. The monoisotopic (exact) mass is 549 g/mol. The number of carbonyl (C=O) groups is 2. The number of rotatable bonds is 4. The molecule has 0 saturated carbocycles. The minimum Gasteiger partial charge on any atom is -0.465 e. The number of aromatic nitrogens is 1. The zero-order chi connectivity index (χ0) is 25.7. The lowest BCUT2D eigenvalue weighted by Gasteiger charge is -2.37. The molecular formula is C24H28BrN3O7. The van der Waals surface area contributed by atoms with Crippen LogP contribution >= 0.6 is 15.9 Å². The molecule has 3 N–H and O–H groups in total. The molecule has 1 aromatic heterocycles. The fraction of sp³-hybridized carbons (Fsp3) is 0.458. The van der Waals surface area contributed by atoms with Gasteiger partial charge in [0, 0.05) is 30.8 Å². The average molecular weight is 550 g/mol. The van der Waals surface area contributed by atoms with Crippen molar-refractivity contribution in [3.8, 4) is 11.5 Å². The highest BCUT2D eigenvalue weighted by Gasteiger charge is 2.48. The lowest BCUT2D eigenvalue weighted by atomic mass is 9.99. The van der Waals surface area contributed by atoms with Crippen LogP contribution in [-0.2, 0) is 4.74 Å². The maximum absolute atomic E-state index is 13.5. The number of carboxylic acid groups (broad SMARTS) is 1. The van der Waals surface area contributed by atoms with Crippen LogP contribution in [0.25, 0.3) is 0 Å². The molecular weight excluding hydrogens is 522 g/mol. The number of nitrogens with zero attached hydrogens (tertiary/aromatic N) is 1. The van der Waals surface area contributed by atoms with Crippen molar-refractivity contribution in [2.45, 2.75) is 58.5 Å².